The minimum atomic E-state index is -0.616. The van der Waals surface area contributed by atoms with Crippen LogP contribution in [0.2, 0.25) is 0 Å². The van der Waals surface area contributed by atoms with Crippen molar-refractivity contribution in [1.29, 1.82) is 0 Å². The summed E-state index contributed by atoms with van der Waals surface area (Å²) in [5.74, 6) is -0.890. The first-order valence-electron chi connectivity index (χ1n) is 5.86. The summed E-state index contributed by atoms with van der Waals surface area (Å²) in [5, 5.41) is 3.00. The number of nitrogens with two attached hydrogens (primary N) is 1. The monoisotopic (exact) mass is 263 g/mol. The molecule has 0 aliphatic heterocycles. The van der Waals surface area contributed by atoms with Gasteiger partial charge in [-0.2, -0.15) is 0 Å². The number of halogens is 2. The van der Waals surface area contributed by atoms with Gasteiger partial charge in [0.1, 0.15) is 17.5 Å². The highest BCUT2D eigenvalue weighted by atomic mass is 19.1. The highest BCUT2D eigenvalue weighted by molar-refractivity contribution is 5.47. The van der Waals surface area contributed by atoms with Crippen LogP contribution in [0.1, 0.15) is 22.7 Å². The maximum Gasteiger partial charge on any atom is 0.128 e. The Morgan fingerprint density at radius 3 is 2.37 bits per heavy atom. The van der Waals surface area contributed by atoms with E-state index < -0.39 is 17.7 Å². The average molecular weight is 263 g/mol. The fourth-order valence-electron chi connectivity index (χ4n) is 2.08. The molecule has 0 bridgehead atoms. The third-order valence-electron chi connectivity index (χ3n) is 2.90. The molecule has 5 heteroatoms. The van der Waals surface area contributed by atoms with Crippen molar-refractivity contribution in [3.8, 4) is 0 Å². The topological polar surface area (TPSA) is 50.9 Å². The SMILES string of the molecule is CNC(c1cc(F)cc(F)c1)c1cc(C)cnc1N. The molecule has 1 atom stereocenters. The van der Waals surface area contributed by atoms with Crippen molar-refractivity contribution >= 4 is 5.82 Å². The Bertz CT molecular complexity index is 579. The van der Waals surface area contributed by atoms with E-state index in [1.54, 1.807) is 13.2 Å². The van der Waals surface area contributed by atoms with Crippen LogP contribution in [0, 0.1) is 18.6 Å². The second-order valence-corrected chi connectivity index (χ2v) is 4.41. The molecular weight excluding hydrogens is 248 g/mol. The summed E-state index contributed by atoms with van der Waals surface area (Å²) in [5.41, 5.74) is 7.95. The third-order valence-corrected chi connectivity index (χ3v) is 2.90. The van der Waals surface area contributed by atoms with E-state index in [0.29, 0.717) is 16.9 Å². The molecular formula is C14H15F2N3. The lowest BCUT2D eigenvalue weighted by molar-refractivity contribution is 0.571. The van der Waals surface area contributed by atoms with E-state index in [2.05, 4.69) is 10.3 Å². The number of anilines is 1. The zero-order valence-electron chi connectivity index (χ0n) is 10.7. The first-order valence-corrected chi connectivity index (χ1v) is 5.86. The van der Waals surface area contributed by atoms with Crippen molar-refractivity contribution < 1.29 is 8.78 Å². The molecule has 0 aliphatic carbocycles. The molecule has 0 fully saturated rings. The van der Waals surface area contributed by atoms with Gasteiger partial charge in [0.25, 0.3) is 0 Å². The van der Waals surface area contributed by atoms with E-state index in [0.717, 1.165) is 11.6 Å². The molecule has 2 aromatic rings. The van der Waals surface area contributed by atoms with Crippen LogP contribution in [0.15, 0.2) is 30.5 Å². The number of hydrogen-bond donors (Lipinski definition) is 2. The highest BCUT2D eigenvalue weighted by Gasteiger charge is 2.17. The van der Waals surface area contributed by atoms with Gasteiger partial charge in [0.15, 0.2) is 0 Å². The summed E-state index contributed by atoms with van der Waals surface area (Å²) in [4.78, 5) is 4.07. The molecule has 19 heavy (non-hydrogen) atoms. The predicted molar refractivity (Wildman–Crippen MR) is 70.6 cm³/mol. The van der Waals surface area contributed by atoms with E-state index in [1.807, 2.05) is 13.0 Å². The van der Waals surface area contributed by atoms with Crippen molar-refractivity contribution in [2.24, 2.45) is 0 Å². The van der Waals surface area contributed by atoms with E-state index in [-0.39, 0.29) is 0 Å². The number of rotatable bonds is 3. The number of nitrogens with zero attached hydrogens (tertiary/aromatic N) is 1. The molecule has 0 saturated carbocycles. The molecule has 3 N–H and O–H groups in total. The Hall–Kier alpha value is -2.01. The summed E-state index contributed by atoms with van der Waals surface area (Å²) >= 11 is 0. The number of aryl methyl sites for hydroxylation is 1. The van der Waals surface area contributed by atoms with E-state index >= 15 is 0 Å². The van der Waals surface area contributed by atoms with Gasteiger partial charge in [-0.15, -0.1) is 0 Å². The number of aromatic nitrogens is 1. The van der Waals surface area contributed by atoms with E-state index in [9.17, 15) is 8.78 Å². The lowest BCUT2D eigenvalue weighted by atomic mass is 9.98. The van der Waals surface area contributed by atoms with Crippen LogP contribution >= 0.6 is 0 Å². The number of nitrogen functional groups attached to an aromatic ring is 1. The molecule has 1 heterocycles. The van der Waals surface area contributed by atoms with Crippen molar-refractivity contribution in [3.05, 3.63) is 58.8 Å². The average Bonchev–Trinajstić information content (AvgIpc) is 2.33. The summed E-state index contributed by atoms with van der Waals surface area (Å²) < 4.78 is 26.6. The van der Waals surface area contributed by atoms with Crippen LogP contribution in [0.4, 0.5) is 14.6 Å². The smallest absolute Gasteiger partial charge is 0.128 e. The van der Waals surface area contributed by atoms with Crippen LogP contribution in [0.5, 0.6) is 0 Å². The largest absolute Gasteiger partial charge is 0.383 e. The molecule has 0 saturated heterocycles. The number of pyridine rings is 1. The van der Waals surface area contributed by atoms with Crippen LogP contribution in [-0.2, 0) is 0 Å². The minimum absolute atomic E-state index is 0.342. The van der Waals surface area contributed by atoms with Gasteiger partial charge in [-0.05, 0) is 43.3 Å². The summed E-state index contributed by atoms with van der Waals surface area (Å²) in [6, 6.07) is 4.86. The van der Waals surface area contributed by atoms with Crippen LogP contribution in [0.25, 0.3) is 0 Å². The van der Waals surface area contributed by atoms with Crippen molar-refractivity contribution in [3.63, 3.8) is 0 Å². The van der Waals surface area contributed by atoms with Gasteiger partial charge in [0.2, 0.25) is 0 Å². The van der Waals surface area contributed by atoms with Crippen molar-refractivity contribution in [1.82, 2.24) is 10.3 Å². The zero-order chi connectivity index (χ0) is 14.0. The molecule has 0 radical (unpaired) electrons. The Morgan fingerprint density at radius 2 is 1.79 bits per heavy atom. The summed E-state index contributed by atoms with van der Waals surface area (Å²) in [6.07, 6.45) is 1.65. The highest BCUT2D eigenvalue weighted by Crippen LogP contribution is 2.27. The maximum atomic E-state index is 13.3. The molecule has 1 unspecified atom stereocenters. The normalized spacial score (nSPS) is 12.4. The van der Waals surface area contributed by atoms with Crippen molar-refractivity contribution in [2.45, 2.75) is 13.0 Å². The van der Waals surface area contributed by atoms with Gasteiger partial charge in [0.05, 0.1) is 6.04 Å². The minimum Gasteiger partial charge on any atom is -0.383 e. The summed E-state index contributed by atoms with van der Waals surface area (Å²) in [7, 11) is 1.70. The second-order valence-electron chi connectivity index (χ2n) is 4.41. The van der Waals surface area contributed by atoms with Gasteiger partial charge < -0.3 is 11.1 Å². The molecule has 2 rings (SSSR count). The number of hydrogen-bond acceptors (Lipinski definition) is 3. The first-order chi connectivity index (χ1) is 9.01. The Balaban J connectivity index is 2.52. The van der Waals surface area contributed by atoms with Crippen LogP contribution in [-0.4, -0.2) is 12.0 Å². The lowest BCUT2D eigenvalue weighted by Gasteiger charge is -2.19. The Morgan fingerprint density at radius 1 is 1.16 bits per heavy atom. The fourth-order valence-corrected chi connectivity index (χ4v) is 2.08. The molecule has 0 spiro atoms. The number of nitrogens with one attached hydrogen (secondary N) is 1. The third kappa shape index (κ3) is 2.88. The Labute approximate surface area is 110 Å². The van der Waals surface area contributed by atoms with Crippen LogP contribution in [0.3, 0.4) is 0 Å². The maximum absolute atomic E-state index is 13.3. The predicted octanol–water partition coefficient (Wildman–Crippen LogP) is 2.56. The molecule has 3 nitrogen and oxygen atoms in total. The first kappa shape index (κ1) is 13.4. The molecule has 1 aromatic heterocycles. The van der Waals surface area contributed by atoms with E-state index in [1.165, 1.54) is 12.1 Å². The van der Waals surface area contributed by atoms with Crippen molar-refractivity contribution in [2.75, 3.05) is 12.8 Å². The lowest BCUT2D eigenvalue weighted by Crippen LogP contribution is -2.20. The van der Waals surface area contributed by atoms with Gasteiger partial charge >= 0.3 is 0 Å². The van der Waals surface area contributed by atoms with Gasteiger partial charge in [0, 0.05) is 17.8 Å². The van der Waals surface area contributed by atoms with Crippen LogP contribution < -0.4 is 11.1 Å². The quantitative estimate of drug-likeness (QED) is 0.894. The molecule has 0 amide bonds. The second kappa shape index (κ2) is 5.32. The van der Waals surface area contributed by atoms with Gasteiger partial charge in [-0.1, -0.05) is 0 Å². The molecule has 1 aromatic carbocycles. The summed E-state index contributed by atoms with van der Waals surface area (Å²) in [6.45, 7) is 1.88. The zero-order valence-corrected chi connectivity index (χ0v) is 10.7. The van der Waals surface area contributed by atoms with Gasteiger partial charge in [-0.3, -0.25) is 0 Å². The van der Waals surface area contributed by atoms with E-state index in [4.69, 9.17) is 5.73 Å². The standard InChI is InChI=1S/C14H15F2N3/c1-8-3-12(14(17)19-7-8)13(18-2)9-4-10(15)6-11(16)5-9/h3-7,13,18H,1-2H3,(H2,17,19). The fraction of sp³-hybridized carbons (Fsp3) is 0.214. The molecule has 0 aliphatic rings. The number of benzene rings is 1. The molecule has 100 valence electrons. The Kier molecular flexibility index (Phi) is 3.76. The van der Waals surface area contributed by atoms with Gasteiger partial charge in [-0.25, -0.2) is 13.8 Å².